The molecule has 3 fully saturated rings. The monoisotopic (exact) mass is 467 g/mol. The minimum atomic E-state index is -0.384. The minimum Gasteiger partial charge on any atom is -0.365 e. The summed E-state index contributed by atoms with van der Waals surface area (Å²) in [7, 11) is 2.11. The van der Waals surface area contributed by atoms with Crippen LogP contribution in [0.3, 0.4) is 0 Å². The largest absolute Gasteiger partial charge is 0.365 e. The van der Waals surface area contributed by atoms with Crippen LogP contribution in [0.1, 0.15) is 5.69 Å². The number of hydrogen-bond acceptors (Lipinski definition) is 11. The number of rotatable bonds is 4. The molecule has 5 heterocycles. The van der Waals surface area contributed by atoms with Gasteiger partial charge < -0.3 is 19.6 Å². The average molecular weight is 468 g/mol. The number of imide groups is 1. The van der Waals surface area contributed by atoms with Crippen molar-refractivity contribution in [1.29, 1.82) is 0 Å². The summed E-state index contributed by atoms with van der Waals surface area (Å²) in [5, 5.41) is 1.94. The molecule has 172 valence electrons. The fourth-order valence-electron chi connectivity index (χ4n) is 4.03. The Morgan fingerprint density at radius 2 is 1.58 bits per heavy atom. The number of piperazine rings is 2. The summed E-state index contributed by atoms with van der Waals surface area (Å²) in [5.74, 6) is 1.09. The van der Waals surface area contributed by atoms with Gasteiger partial charge in [-0.2, -0.15) is 4.98 Å². The van der Waals surface area contributed by atoms with Gasteiger partial charge in [0.15, 0.2) is 0 Å². The van der Waals surface area contributed by atoms with Gasteiger partial charge in [0.25, 0.3) is 11.1 Å². The number of carbonyl (C=O) groups is 2. The van der Waals surface area contributed by atoms with Crippen LogP contribution in [-0.2, 0) is 4.79 Å². The summed E-state index contributed by atoms with van der Waals surface area (Å²) in [6.45, 7) is 6.78. The number of carbonyl (C=O) groups excluding carboxylic acids is 2. The third-order valence-corrected chi connectivity index (χ3v) is 6.75. The molecule has 11 nitrogen and oxygen atoms in total. The third kappa shape index (κ3) is 4.91. The van der Waals surface area contributed by atoms with Crippen molar-refractivity contribution in [3.63, 3.8) is 0 Å². The van der Waals surface area contributed by atoms with Gasteiger partial charge in [-0.25, -0.2) is 15.0 Å². The van der Waals surface area contributed by atoms with Crippen molar-refractivity contribution >= 4 is 46.4 Å². The van der Waals surface area contributed by atoms with Crippen molar-refractivity contribution < 1.29 is 9.59 Å². The van der Waals surface area contributed by atoms with E-state index in [1.165, 1.54) is 6.33 Å². The van der Waals surface area contributed by atoms with Crippen LogP contribution in [0.5, 0.6) is 0 Å². The first-order chi connectivity index (χ1) is 16.0. The van der Waals surface area contributed by atoms with E-state index in [1.54, 1.807) is 6.08 Å². The first-order valence-electron chi connectivity index (χ1n) is 10.9. The fourth-order valence-corrected chi connectivity index (χ4v) is 4.69. The number of thioether (sulfide) groups is 1. The van der Waals surface area contributed by atoms with Crippen LogP contribution in [0.15, 0.2) is 29.7 Å². The molecule has 3 aliphatic rings. The van der Waals surface area contributed by atoms with E-state index in [2.05, 4.69) is 41.9 Å². The summed E-state index contributed by atoms with van der Waals surface area (Å²) in [6, 6.07) is 1.90. The summed E-state index contributed by atoms with van der Waals surface area (Å²) in [4.78, 5) is 50.8. The van der Waals surface area contributed by atoms with Gasteiger partial charge in [-0.15, -0.1) is 0 Å². The van der Waals surface area contributed by atoms with Crippen LogP contribution in [0.2, 0.25) is 0 Å². The van der Waals surface area contributed by atoms with Crippen LogP contribution in [0, 0.1) is 0 Å². The summed E-state index contributed by atoms with van der Waals surface area (Å²) < 4.78 is 0. The molecule has 3 aliphatic heterocycles. The maximum atomic E-state index is 12.1. The summed E-state index contributed by atoms with van der Waals surface area (Å²) in [6.07, 6.45) is 6.85. The minimum absolute atomic E-state index is 0.350. The smallest absolute Gasteiger partial charge is 0.290 e. The van der Waals surface area contributed by atoms with Crippen molar-refractivity contribution in [3.05, 3.63) is 35.4 Å². The van der Waals surface area contributed by atoms with Crippen molar-refractivity contribution in [2.75, 3.05) is 74.1 Å². The van der Waals surface area contributed by atoms with Gasteiger partial charge in [0.05, 0.1) is 28.7 Å². The van der Waals surface area contributed by atoms with E-state index in [4.69, 9.17) is 9.97 Å². The molecule has 12 heteroatoms. The standard InChI is InChI=1S/C21H25N9O2S/c1-27-2-4-29(5-3-27)18-11-15(10-17-19(31)26-21(32)33-17)24-20(25-18)30-8-6-28(7-9-30)16-12-22-14-23-13-16/h10-14H,2-9H2,1H3,(H,26,31,32)/b17-10+. The number of hydrogen-bond donors (Lipinski definition) is 1. The Morgan fingerprint density at radius 3 is 2.24 bits per heavy atom. The Bertz CT molecular complexity index is 1060. The molecule has 1 N–H and O–H groups in total. The fraction of sp³-hybridized carbons (Fsp3) is 0.429. The van der Waals surface area contributed by atoms with Gasteiger partial charge in [0.1, 0.15) is 12.1 Å². The predicted molar refractivity (Wildman–Crippen MR) is 127 cm³/mol. The van der Waals surface area contributed by atoms with E-state index >= 15 is 0 Å². The molecule has 0 atom stereocenters. The number of likely N-dealkylation sites (N-methyl/N-ethyl adjacent to an activating group) is 1. The van der Waals surface area contributed by atoms with Crippen molar-refractivity contribution in [3.8, 4) is 0 Å². The lowest BCUT2D eigenvalue weighted by Crippen LogP contribution is -2.48. The maximum Gasteiger partial charge on any atom is 0.290 e. The average Bonchev–Trinajstić information content (AvgIpc) is 3.16. The Morgan fingerprint density at radius 1 is 0.909 bits per heavy atom. The number of aromatic nitrogens is 4. The highest BCUT2D eigenvalue weighted by Gasteiger charge is 2.27. The molecule has 0 aromatic carbocycles. The zero-order chi connectivity index (χ0) is 22.8. The Labute approximate surface area is 195 Å². The van der Waals surface area contributed by atoms with Crippen LogP contribution in [0.25, 0.3) is 6.08 Å². The zero-order valence-electron chi connectivity index (χ0n) is 18.3. The molecule has 2 aromatic rings. The molecule has 2 aromatic heterocycles. The summed E-state index contributed by atoms with van der Waals surface area (Å²) >= 11 is 0.898. The van der Waals surface area contributed by atoms with E-state index in [1.807, 2.05) is 18.5 Å². The quantitative estimate of drug-likeness (QED) is 0.641. The molecule has 0 unspecified atom stereocenters. The van der Waals surface area contributed by atoms with Crippen LogP contribution < -0.4 is 20.0 Å². The van der Waals surface area contributed by atoms with Crippen molar-refractivity contribution in [2.45, 2.75) is 0 Å². The molecular weight excluding hydrogens is 442 g/mol. The van der Waals surface area contributed by atoms with Crippen molar-refractivity contribution in [2.24, 2.45) is 0 Å². The van der Waals surface area contributed by atoms with Crippen molar-refractivity contribution in [1.82, 2.24) is 30.2 Å². The Hall–Kier alpha value is -3.25. The van der Waals surface area contributed by atoms with Gasteiger partial charge in [0, 0.05) is 58.4 Å². The first-order valence-corrected chi connectivity index (χ1v) is 11.7. The highest BCUT2D eigenvalue weighted by atomic mass is 32.2. The molecule has 0 radical (unpaired) electrons. The van der Waals surface area contributed by atoms with E-state index in [0.29, 0.717) is 16.5 Å². The molecule has 0 saturated carbocycles. The Balaban J connectivity index is 1.40. The topological polar surface area (TPSA) is 111 Å². The molecule has 5 rings (SSSR count). The number of anilines is 3. The molecule has 0 bridgehead atoms. The van der Waals surface area contributed by atoms with Gasteiger partial charge in [-0.1, -0.05) is 0 Å². The second kappa shape index (κ2) is 9.32. The number of nitrogens with zero attached hydrogens (tertiary/aromatic N) is 8. The summed E-state index contributed by atoms with van der Waals surface area (Å²) in [5.41, 5.74) is 1.63. The van der Waals surface area contributed by atoms with E-state index in [0.717, 1.165) is 75.6 Å². The molecular formula is C21H25N9O2S. The van der Waals surface area contributed by atoms with E-state index < -0.39 is 0 Å². The molecule has 33 heavy (non-hydrogen) atoms. The van der Waals surface area contributed by atoms with Crippen LogP contribution in [-0.4, -0.2) is 95.4 Å². The highest BCUT2D eigenvalue weighted by Crippen LogP contribution is 2.27. The second-order valence-corrected chi connectivity index (χ2v) is 9.18. The SMILES string of the molecule is CN1CCN(c2cc(/C=C3/SC(=O)NC3=O)nc(N3CCN(c4cncnc4)CC3)n2)CC1. The highest BCUT2D eigenvalue weighted by molar-refractivity contribution is 8.18. The normalized spacial score (nSPS) is 21.1. The predicted octanol–water partition coefficient (Wildman–Crippen LogP) is 0.669. The lowest BCUT2D eigenvalue weighted by atomic mass is 10.2. The molecule has 2 amide bonds. The van der Waals surface area contributed by atoms with Crippen LogP contribution >= 0.6 is 11.8 Å². The zero-order valence-corrected chi connectivity index (χ0v) is 19.2. The van der Waals surface area contributed by atoms with E-state index in [9.17, 15) is 9.59 Å². The van der Waals surface area contributed by atoms with Gasteiger partial charge >= 0.3 is 0 Å². The molecule has 0 spiro atoms. The lowest BCUT2D eigenvalue weighted by molar-refractivity contribution is -0.115. The van der Waals surface area contributed by atoms with Gasteiger partial charge in [-0.3, -0.25) is 14.9 Å². The lowest BCUT2D eigenvalue weighted by Gasteiger charge is -2.37. The van der Waals surface area contributed by atoms with Gasteiger partial charge in [0.2, 0.25) is 5.95 Å². The van der Waals surface area contributed by atoms with Gasteiger partial charge in [-0.05, 0) is 24.9 Å². The number of nitrogens with one attached hydrogen (secondary N) is 1. The number of amides is 2. The second-order valence-electron chi connectivity index (χ2n) is 8.16. The molecule has 0 aliphatic carbocycles. The first kappa shape index (κ1) is 21.6. The maximum absolute atomic E-state index is 12.1. The Kier molecular flexibility index (Phi) is 6.09. The molecule has 3 saturated heterocycles. The third-order valence-electron chi connectivity index (χ3n) is 5.94. The van der Waals surface area contributed by atoms with E-state index in [-0.39, 0.29) is 11.1 Å². The van der Waals surface area contributed by atoms with Crippen LogP contribution in [0.4, 0.5) is 22.2 Å².